The van der Waals surface area contributed by atoms with Crippen LogP contribution in [0.15, 0.2) is 48.7 Å². The third kappa shape index (κ3) is 2.15. The third-order valence-corrected chi connectivity index (χ3v) is 5.68. The Morgan fingerprint density at radius 3 is 2.92 bits per heavy atom. The van der Waals surface area contributed by atoms with E-state index in [2.05, 4.69) is 58.5 Å². The van der Waals surface area contributed by atoms with Crippen LogP contribution in [-0.2, 0) is 13.0 Å². The lowest BCUT2D eigenvalue weighted by Crippen LogP contribution is -2.37. The minimum Gasteiger partial charge on any atom is -0.289 e. The van der Waals surface area contributed by atoms with Crippen LogP contribution in [0.4, 0.5) is 0 Å². The number of rotatable bonds is 2. The molecule has 0 N–H and O–H groups in total. The monoisotopic (exact) mass is 315 g/mol. The lowest BCUT2D eigenvalue weighted by Gasteiger charge is -2.35. The average molecular weight is 315 g/mol. The quantitative estimate of drug-likeness (QED) is 0.709. The van der Waals surface area contributed by atoms with E-state index in [1.165, 1.54) is 40.4 Å². The molecule has 2 bridgehead atoms. The van der Waals surface area contributed by atoms with E-state index >= 15 is 0 Å². The molecule has 3 nitrogen and oxygen atoms in total. The molecule has 3 aromatic rings. The molecular formula is C21H21N3. The molecule has 120 valence electrons. The molecule has 0 saturated carbocycles. The van der Waals surface area contributed by atoms with Crippen molar-refractivity contribution in [2.45, 2.75) is 44.8 Å². The number of aryl methyl sites for hydroxylation is 1. The zero-order valence-corrected chi connectivity index (χ0v) is 13.9. The molecular weight excluding hydrogens is 294 g/mol. The molecule has 3 heteroatoms. The van der Waals surface area contributed by atoms with E-state index in [1.807, 2.05) is 6.92 Å². The number of fused-ring (bicyclic) bond motifs is 5. The third-order valence-electron chi connectivity index (χ3n) is 5.68. The summed E-state index contributed by atoms with van der Waals surface area (Å²) in [6, 6.07) is 16.5. The zero-order chi connectivity index (χ0) is 16.1. The van der Waals surface area contributed by atoms with Crippen molar-refractivity contribution in [3.8, 4) is 0 Å². The van der Waals surface area contributed by atoms with Gasteiger partial charge in [0.05, 0.1) is 5.69 Å². The van der Waals surface area contributed by atoms with Crippen molar-refractivity contribution in [1.29, 1.82) is 0 Å². The second-order valence-electron chi connectivity index (χ2n) is 7.08. The average Bonchev–Trinajstić information content (AvgIpc) is 2.88. The maximum Gasteiger partial charge on any atom is 0.125 e. The van der Waals surface area contributed by atoms with Crippen molar-refractivity contribution < 1.29 is 0 Å². The minimum absolute atomic E-state index is 0.485. The molecule has 1 fully saturated rings. The predicted octanol–water partition coefficient (Wildman–Crippen LogP) is 4.20. The van der Waals surface area contributed by atoms with Gasteiger partial charge in [-0.3, -0.25) is 4.90 Å². The molecule has 0 aliphatic carbocycles. The highest BCUT2D eigenvalue weighted by Gasteiger charge is 2.40. The first-order valence-corrected chi connectivity index (χ1v) is 8.84. The summed E-state index contributed by atoms with van der Waals surface area (Å²) in [6.07, 6.45) is 5.64. The zero-order valence-electron chi connectivity index (χ0n) is 13.9. The number of nitrogens with zero attached hydrogens (tertiary/aromatic N) is 3. The largest absolute Gasteiger partial charge is 0.289 e. The van der Waals surface area contributed by atoms with Crippen LogP contribution < -0.4 is 0 Å². The van der Waals surface area contributed by atoms with Crippen LogP contribution in [-0.4, -0.2) is 20.9 Å². The smallest absolute Gasteiger partial charge is 0.125 e. The fraction of sp³-hybridized carbons (Fsp3) is 0.333. The van der Waals surface area contributed by atoms with Crippen LogP contribution in [0.3, 0.4) is 0 Å². The van der Waals surface area contributed by atoms with Crippen LogP contribution in [0.5, 0.6) is 0 Å². The fourth-order valence-corrected chi connectivity index (χ4v) is 4.55. The number of aromatic nitrogens is 2. The van der Waals surface area contributed by atoms with Gasteiger partial charge in [0.2, 0.25) is 0 Å². The SMILES string of the molecule is Cc1ncc2c(n1)C[C@@H]1CC[C@H]2N1Cc1cccc2ccccc12. The first-order chi connectivity index (χ1) is 11.8. The van der Waals surface area contributed by atoms with Gasteiger partial charge in [0.25, 0.3) is 0 Å². The summed E-state index contributed by atoms with van der Waals surface area (Å²) in [7, 11) is 0. The Morgan fingerprint density at radius 2 is 1.96 bits per heavy atom. The molecule has 2 atom stereocenters. The summed E-state index contributed by atoms with van der Waals surface area (Å²) < 4.78 is 0. The van der Waals surface area contributed by atoms with Gasteiger partial charge in [-0.2, -0.15) is 0 Å². The molecule has 1 aromatic heterocycles. The summed E-state index contributed by atoms with van der Waals surface area (Å²) in [5.41, 5.74) is 4.07. The summed E-state index contributed by atoms with van der Waals surface area (Å²) in [6.45, 7) is 3.01. The lowest BCUT2D eigenvalue weighted by molar-refractivity contribution is 0.166. The minimum atomic E-state index is 0.485. The number of benzene rings is 2. The molecule has 2 aliphatic heterocycles. The Kier molecular flexibility index (Phi) is 3.17. The first-order valence-electron chi connectivity index (χ1n) is 8.84. The highest BCUT2D eigenvalue weighted by atomic mass is 15.2. The first kappa shape index (κ1) is 14.1. The Labute approximate surface area is 142 Å². The standard InChI is InChI=1S/C21H21N3/c1-14-22-12-19-20(23-14)11-17-9-10-21(19)24(17)13-16-7-4-6-15-5-2-3-8-18(15)16/h2-8,12,17,21H,9-11,13H2,1H3/t17-,21+/m0/s1. The number of hydrogen-bond donors (Lipinski definition) is 0. The molecule has 0 amide bonds. The van der Waals surface area contributed by atoms with Crippen LogP contribution >= 0.6 is 0 Å². The second-order valence-corrected chi connectivity index (χ2v) is 7.08. The van der Waals surface area contributed by atoms with Gasteiger partial charge in [-0.1, -0.05) is 42.5 Å². The molecule has 2 aliphatic rings. The molecule has 24 heavy (non-hydrogen) atoms. The van der Waals surface area contributed by atoms with Crippen molar-refractivity contribution in [2.24, 2.45) is 0 Å². The summed E-state index contributed by atoms with van der Waals surface area (Å²) in [4.78, 5) is 11.9. The van der Waals surface area contributed by atoms with Crippen molar-refractivity contribution in [3.63, 3.8) is 0 Å². The topological polar surface area (TPSA) is 29.0 Å². The van der Waals surface area contributed by atoms with Gasteiger partial charge in [-0.05, 0) is 36.1 Å². The van der Waals surface area contributed by atoms with Crippen LogP contribution in [0.2, 0.25) is 0 Å². The fourth-order valence-electron chi connectivity index (χ4n) is 4.55. The van der Waals surface area contributed by atoms with Gasteiger partial charge in [0.15, 0.2) is 0 Å². The Hall–Kier alpha value is -2.26. The van der Waals surface area contributed by atoms with Gasteiger partial charge in [-0.15, -0.1) is 0 Å². The van der Waals surface area contributed by atoms with E-state index in [0.29, 0.717) is 12.1 Å². The van der Waals surface area contributed by atoms with Gasteiger partial charge in [-0.25, -0.2) is 9.97 Å². The van der Waals surface area contributed by atoms with E-state index < -0.39 is 0 Å². The van der Waals surface area contributed by atoms with Crippen molar-refractivity contribution in [1.82, 2.24) is 14.9 Å². The van der Waals surface area contributed by atoms with Gasteiger partial charge >= 0.3 is 0 Å². The molecule has 2 aromatic carbocycles. The molecule has 0 spiro atoms. The van der Waals surface area contributed by atoms with E-state index in [-0.39, 0.29) is 0 Å². The second kappa shape index (κ2) is 5.38. The molecule has 5 rings (SSSR count). The Balaban J connectivity index is 1.53. The highest BCUT2D eigenvalue weighted by Crippen LogP contribution is 2.44. The van der Waals surface area contributed by atoms with Crippen LogP contribution in [0, 0.1) is 6.92 Å². The van der Waals surface area contributed by atoms with E-state index in [9.17, 15) is 0 Å². The van der Waals surface area contributed by atoms with Gasteiger partial charge < -0.3 is 0 Å². The van der Waals surface area contributed by atoms with E-state index in [1.54, 1.807) is 0 Å². The molecule has 1 saturated heterocycles. The Morgan fingerprint density at radius 1 is 1.08 bits per heavy atom. The maximum atomic E-state index is 4.71. The lowest BCUT2D eigenvalue weighted by atomic mass is 9.97. The molecule has 0 unspecified atom stereocenters. The normalized spacial score (nSPS) is 22.7. The molecule has 3 heterocycles. The number of hydrogen-bond acceptors (Lipinski definition) is 3. The van der Waals surface area contributed by atoms with Gasteiger partial charge in [0, 0.05) is 36.8 Å². The summed E-state index contributed by atoms with van der Waals surface area (Å²) >= 11 is 0. The van der Waals surface area contributed by atoms with Crippen molar-refractivity contribution >= 4 is 10.8 Å². The van der Waals surface area contributed by atoms with Crippen LogP contribution in [0.1, 0.15) is 41.5 Å². The molecule has 0 radical (unpaired) electrons. The highest BCUT2D eigenvalue weighted by molar-refractivity contribution is 5.85. The van der Waals surface area contributed by atoms with Crippen LogP contribution in [0.25, 0.3) is 10.8 Å². The summed E-state index contributed by atoms with van der Waals surface area (Å²) in [5, 5.41) is 2.71. The maximum absolute atomic E-state index is 4.71. The summed E-state index contributed by atoms with van der Waals surface area (Å²) in [5.74, 6) is 0.899. The van der Waals surface area contributed by atoms with E-state index in [4.69, 9.17) is 4.98 Å². The van der Waals surface area contributed by atoms with Crippen molar-refractivity contribution in [3.05, 3.63) is 71.3 Å². The Bertz CT molecular complexity index is 913. The van der Waals surface area contributed by atoms with Crippen molar-refractivity contribution in [2.75, 3.05) is 0 Å². The van der Waals surface area contributed by atoms with Gasteiger partial charge in [0.1, 0.15) is 5.82 Å². The van der Waals surface area contributed by atoms with E-state index in [0.717, 1.165) is 18.8 Å². The predicted molar refractivity (Wildman–Crippen MR) is 95.7 cm³/mol.